The lowest BCUT2D eigenvalue weighted by atomic mass is 10.1. The van der Waals surface area contributed by atoms with Crippen molar-refractivity contribution in [2.75, 3.05) is 0 Å². The van der Waals surface area contributed by atoms with E-state index >= 15 is 0 Å². The number of aromatic amines is 1. The molecule has 0 saturated heterocycles. The van der Waals surface area contributed by atoms with Gasteiger partial charge < -0.3 is 4.98 Å². The average Bonchev–Trinajstić information content (AvgIpc) is 2.29. The number of nitrogens with one attached hydrogen (secondary N) is 1. The molecule has 0 amide bonds. The summed E-state index contributed by atoms with van der Waals surface area (Å²) in [6.45, 7) is 0. The summed E-state index contributed by atoms with van der Waals surface area (Å²) in [5.41, 5.74) is 2.13. The number of H-pyrrole nitrogens is 1. The van der Waals surface area contributed by atoms with E-state index in [9.17, 15) is 4.79 Å². The van der Waals surface area contributed by atoms with Gasteiger partial charge in [0, 0.05) is 11.8 Å². The Balaban J connectivity index is 2.47. The first-order valence-corrected chi connectivity index (χ1v) is 4.49. The monoisotopic (exact) mass is 196 g/mol. The number of aromatic nitrogens is 1. The topological polar surface area (TPSA) is 56.6 Å². The van der Waals surface area contributed by atoms with Crippen LogP contribution in [0.1, 0.15) is 5.56 Å². The summed E-state index contributed by atoms with van der Waals surface area (Å²) < 4.78 is 0. The van der Waals surface area contributed by atoms with Gasteiger partial charge in [0.25, 0.3) is 0 Å². The highest BCUT2D eigenvalue weighted by molar-refractivity contribution is 5.59. The third-order valence-electron chi connectivity index (χ3n) is 2.09. The summed E-state index contributed by atoms with van der Waals surface area (Å²) in [5, 5.41) is 8.64. The van der Waals surface area contributed by atoms with E-state index in [2.05, 4.69) is 4.98 Å². The Kier molecular flexibility index (Phi) is 2.34. The smallest absolute Gasteiger partial charge is 0.248 e. The summed E-state index contributed by atoms with van der Waals surface area (Å²) in [6, 6.07) is 14.1. The third-order valence-corrected chi connectivity index (χ3v) is 2.09. The van der Waals surface area contributed by atoms with Gasteiger partial charge in [0.15, 0.2) is 0 Å². The number of rotatable bonds is 1. The van der Waals surface area contributed by atoms with Gasteiger partial charge in [-0.25, -0.2) is 0 Å². The zero-order chi connectivity index (χ0) is 10.7. The molecule has 1 N–H and O–H groups in total. The number of nitriles is 1. The van der Waals surface area contributed by atoms with Crippen LogP contribution in [0.5, 0.6) is 0 Å². The lowest BCUT2D eigenvalue weighted by Gasteiger charge is -2.00. The summed E-state index contributed by atoms with van der Waals surface area (Å²) in [4.78, 5) is 13.8. The van der Waals surface area contributed by atoms with E-state index < -0.39 is 0 Å². The minimum absolute atomic E-state index is 0.128. The molecule has 3 heteroatoms. The molecule has 0 saturated carbocycles. The maximum absolute atomic E-state index is 11.1. The predicted octanol–water partition coefficient (Wildman–Crippen LogP) is 1.91. The lowest BCUT2D eigenvalue weighted by molar-refractivity contribution is 1.24. The summed E-state index contributed by atoms with van der Waals surface area (Å²) >= 11 is 0. The molecule has 0 radical (unpaired) electrons. The van der Waals surface area contributed by atoms with Crippen molar-refractivity contribution >= 4 is 0 Å². The molecule has 0 aliphatic heterocycles. The van der Waals surface area contributed by atoms with Crippen LogP contribution in [0.15, 0.2) is 47.3 Å². The van der Waals surface area contributed by atoms with E-state index in [1.807, 2.05) is 24.3 Å². The van der Waals surface area contributed by atoms with E-state index in [0.29, 0.717) is 5.56 Å². The fraction of sp³-hybridized carbons (Fsp3) is 0. The Morgan fingerprint density at radius 1 is 1.07 bits per heavy atom. The van der Waals surface area contributed by atoms with Crippen LogP contribution in [0.4, 0.5) is 0 Å². The number of benzene rings is 1. The van der Waals surface area contributed by atoms with Crippen molar-refractivity contribution in [3.05, 3.63) is 58.4 Å². The van der Waals surface area contributed by atoms with Crippen molar-refractivity contribution in [1.82, 2.24) is 4.98 Å². The van der Waals surface area contributed by atoms with Crippen LogP contribution >= 0.6 is 0 Å². The molecule has 0 bridgehead atoms. The first kappa shape index (κ1) is 9.22. The maximum Gasteiger partial charge on any atom is 0.248 e. The molecule has 0 unspecified atom stereocenters. The van der Waals surface area contributed by atoms with Gasteiger partial charge in [-0.3, -0.25) is 4.79 Å². The highest BCUT2D eigenvalue weighted by Gasteiger charge is 1.97. The van der Waals surface area contributed by atoms with Crippen LogP contribution in [0.2, 0.25) is 0 Å². The van der Waals surface area contributed by atoms with Gasteiger partial charge in [-0.2, -0.15) is 5.26 Å². The van der Waals surface area contributed by atoms with Gasteiger partial charge in [0.2, 0.25) is 5.56 Å². The number of nitrogens with zero attached hydrogens (tertiary/aromatic N) is 1. The van der Waals surface area contributed by atoms with Crippen molar-refractivity contribution < 1.29 is 0 Å². The van der Waals surface area contributed by atoms with Crippen molar-refractivity contribution in [1.29, 1.82) is 5.26 Å². The van der Waals surface area contributed by atoms with Crippen LogP contribution in [-0.4, -0.2) is 4.98 Å². The van der Waals surface area contributed by atoms with Crippen molar-refractivity contribution in [3.8, 4) is 17.3 Å². The quantitative estimate of drug-likeness (QED) is 0.757. The van der Waals surface area contributed by atoms with Gasteiger partial charge in [0.1, 0.15) is 0 Å². The minimum atomic E-state index is -0.128. The van der Waals surface area contributed by atoms with Crippen LogP contribution in [0.25, 0.3) is 11.3 Å². The molecular weight excluding hydrogens is 188 g/mol. The van der Waals surface area contributed by atoms with Gasteiger partial charge in [-0.1, -0.05) is 18.2 Å². The Bertz CT molecular complexity index is 561. The normalized spacial score (nSPS) is 9.53. The summed E-state index contributed by atoms with van der Waals surface area (Å²) in [5.74, 6) is 0. The Morgan fingerprint density at radius 2 is 1.80 bits per heavy atom. The first-order valence-electron chi connectivity index (χ1n) is 4.49. The molecule has 3 nitrogen and oxygen atoms in total. The number of hydrogen-bond acceptors (Lipinski definition) is 2. The number of hydrogen-bond donors (Lipinski definition) is 1. The van der Waals surface area contributed by atoms with Gasteiger partial charge in [-0.05, 0) is 23.8 Å². The van der Waals surface area contributed by atoms with Crippen LogP contribution < -0.4 is 5.56 Å². The van der Waals surface area contributed by atoms with E-state index in [1.165, 1.54) is 6.07 Å². The lowest BCUT2D eigenvalue weighted by Crippen LogP contribution is -2.03. The molecule has 1 heterocycles. The van der Waals surface area contributed by atoms with E-state index in [-0.39, 0.29) is 5.56 Å². The fourth-order valence-corrected chi connectivity index (χ4v) is 1.34. The largest absolute Gasteiger partial charge is 0.322 e. The zero-order valence-electron chi connectivity index (χ0n) is 7.90. The zero-order valence-corrected chi connectivity index (χ0v) is 7.90. The molecule has 72 valence electrons. The first-order chi connectivity index (χ1) is 7.29. The molecule has 0 spiro atoms. The molecular formula is C12H8N2O. The molecule has 15 heavy (non-hydrogen) atoms. The second-order valence-corrected chi connectivity index (χ2v) is 3.12. The molecule has 2 aromatic rings. The standard InChI is InChI=1S/C12H8N2O/c13-8-9-4-6-10(7-5-9)11-2-1-3-12(15)14-11/h1-7H,(H,14,15). The Hall–Kier alpha value is -2.34. The van der Waals surface area contributed by atoms with Gasteiger partial charge >= 0.3 is 0 Å². The van der Waals surface area contributed by atoms with Crippen molar-refractivity contribution in [2.24, 2.45) is 0 Å². The highest BCUT2D eigenvalue weighted by atomic mass is 16.1. The minimum Gasteiger partial charge on any atom is -0.322 e. The Labute approximate surface area is 86.6 Å². The van der Waals surface area contributed by atoms with E-state index in [0.717, 1.165) is 11.3 Å². The molecule has 0 fully saturated rings. The second-order valence-electron chi connectivity index (χ2n) is 3.12. The molecule has 0 aliphatic rings. The molecule has 0 aliphatic carbocycles. The third kappa shape index (κ3) is 1.94. The molecule has 1 aromatic heterocycles. The van der Waals surface area contributed by atoms with Crippen LogP contribution in [0, 0.1) is 11.3 Å². The molecule has 0 atom stereocenters. The van der Waals surface area contributed by atoms with Crippen LogP contribution in [-0.2, 0) is 0 Å². The second kappa shape index (κ2) is 3.81. The number of pyridine rings is 1. The van der Waals surface area contributed by atoms with Crippen molar-refractivity contribution in [2.45, 2.75) is 0 Å². The molecule has 1 aromatic carbocycles. The fourth-order valence-electron chi connectivity index (χ4n) is 1.34. The SMILES string of the molecule is N#Cc1ccc(-c2cccc(=O)[nH]2)cc1. The highest BCUT2D eigenvalue weighted by Crippen LogP contribution is 2.15. The van der Waals surface area contributed by atoms with E-state index in [1.54, 1.807) is 18.2 Å². The summed E-state index contributed by atoms with van der Waals surface area (Å²) in [7, 11) is 0. The maximum atomic E-state index is 11.1. The van der Waals surface area contributed by atoms with Crippen LogP contribution in [0.3, 0.4) is 0 Å². The van der Waals surface area contributed by atoms with E-state index in [4.69, 9.17) is 5.26 Å². The summed E-state index contributed by atoms with van der Waals surface area (Å²) in [6.07, 6.45) is 0. The average molecular weight is 196 g/mol. The van der Waals surface area contributed by atoms with Gasteiger partial charge in [-0.15, -0.1) is 0 Å². The molecule has 2 rings (SSSR count). The Morgan fingerprint density at radius 3 is 2.40 bits per heavy atom. The van der Waals surface area contributed by atoms with Crippen molar-refractivity contribution in [3.63, 3.8) is 0 Å². The van der Waals surface area contributed by atoms with Gasteiger partial charge in [0.05, 0.1) is 11.6 Å². The predicted molar refractivity (Wildman–Crippen MR) is 57.2 cm³/mol.